The van der Waals surface area contributed by atoms with Crippen LogP contribution in [0.15, 0.2) is 41.0 Å². The normalized spacial score (nSPS) is 21.5. The molecule has 1 aromatic rings. The SMILES string of the molecule is O=C(NCC1CN(c2ccc(N3CCCC3)c(Cl)c2)C(=O)O1)C1=CC(Cl)=CCC1=S. The molecule has 30 heavy (non-hydrogen) atoms. The first-order chi connectivity index (χ1) is 14.4. The molecule has 2 saturated heterocycles. The molecule has 0 saturated carbocycles. The number of carbonyl (C=O) groups excluding carboxylic acids is 2. The first kappa shape index (κ1) is 21.2. The Morgan fingerprint density at radius 3 is 2.77 bits per heavy atom. The molecule has 1 unspecified atom stereocenters. The van der Waals surface area contributed by atoms with Crippen molar-refractivity contribution in [3.05, 3.63) is 46.0 Å². The fraction of sp³-hybridized carbons (Fsp3) is 0.381. The van der Waals surface area contributed by atoms with Gasteiger partial charge in [0.25, 0.3) is 5.91 Å². The van der Waals surface area contributed by atoms with Crippen molar-refractivity contribution in [3.8, 4) is 0 Å². The van der Waals surface area contributed by atoms with Gasteiger partial charge in [0.1, 0.15) is 6.10 Å². The van der Waals surface area contributed by atoms with Crippen molar-refractivity contribution in [3.63, 3.8) is 0 Å². The zero-order valence-corrected chi connectivity index (χ0v) is 18.5. The van der Waals surface area contributed by atoms with Crippen LogP contribution in [0.5, 0.6) is 0 Å². The van der Waals surface area contributed by atoms with E-state index in [9.17, 15) is 9.59 Å². The van der Waals surface area contributed by atoms with Crippen LogP contribution < -0.4 is 15.1 Å². The number of benzene rings is 1. The largest absolute Gasteiger partial charge is 0.442 e. The number of rotatable bonds is 5. The molecule has 1 aliphatic carbocycles. The number of halogens is 2. The number of nitrogens with zero attached hydrogens (tertiary/aromatic N) is 2. The molecule has 158 valence electrons. The molecule has 1 aromatic carbocycles. The quantitative estimate of drug-likeness (QED) is 0.659. The van der Waals surface area contributed by atoms with Crippen LogP contribution in [0.25, 0.3) is 0 Å². The average molecular weight is 466 g/mol. The minimum absolute atomic E-state index is 0.182. The van der Waals surface area contributed by atoms with Crippen molar-refractivity contribution in [1.29, 1.82) is 0 Å². The van der Waals surface area contributed by atoms with E-state index in [1.165, 1.54) is 4.90 Å². The summed E-state index contributed by atoms with van der Waals surface area (Å²) >= 11 is 17.7. The van der Waals surface area contributed by atoms with E-state index in [0.717, 1.165) is 31.6 Å². The highest BCUT2D eigenvalue weighted by molar-refractivity contribution is 7.81. The Morgan fingerprint density at radius 2 is 2.03 bits per heavy atom. The van der Waals surface area contributed by atoms with Gasteiger partial charge in [0.2, 0.25) is 0 Å². The maximum absolute atomic E-state index is 12.4. The zero-order chi connectivity index (χ0) is 21.3. The smallest absolute Gasteiger partial charge is 0.414 e. The van der Waals surface area contributed by atoms with Gasteiger partial charge in [-0.25, -0.2) is 4.79 Å². The fourth-order valence-corrected chi connectivity index (χ4v) is 4.50. The van der Waals surface area contributed by atoms with Gasteiger partial charge < -0.3 is 15.0 Å². The van der Waals surface area contributed by atoms with E-state index >= 15 is 0 Å². The van der Waals surface area contributed by atoms with E-state index in [1.807, 2.05) is 12.1 Å². The molecule has 2 fully saturated rings. The highest BCUT2D eigenvalue weighted by Crippen LogP contribution is 2.33. The first-order valence-electron chi connectivity index (χ1n) is 9.84. The number of allylic oxidation sites excluding steroid dienone is 3. The van der Waals surface area contributed by atoms with Gasteiger partial charge >= 0.3 is 6.09 Å². The maximum atomic E-state index is 12.4. The first-order valence-corrected chi connectivity index (χ1v) is 11.0. The summed E-state index contributed by atoms with van der Waals surface area (Å²) in [6, 6.07) is 5.61. The number of nitrogens with one attached hydrogen (secondary N) is 1. The lowest BCUT2D eigenvalue weighted by molar-refractivity contribution is -0.117. The van der Waals surface area contributed by atoms with Crippen LogP contribution in [0.3, 0.4) is 0 Å². The van der Waals surface area contributed by atoms with Gasteiger partial charge in [-0.3, -0.25) is 9.69 Å². The molecule has 9 heteroatoms. The Morgan fingerprint density at radius 1 is 1.27 bits per heavy atom. The van der Waals surface area contributed by atoms with E-state index in [0.29, 0.717) is 39.1 Å². The number of hydrogen-bond acceptors (Lipinski definition) is 5. The van der Waals surface area contributed by atoms with E-state index in [-0.39, 0.29) is 12.5 Å². The predicted octanol–water partition coefficient (Wildman–Crippen LogP) is 4.20. The molecule has 0 aromatic heterocycles. The lowest BCUT2D eigenvalue weighted by atomic mass is 10.0. The molecule has 1 N–H and O–H groups in total. The second kappa shape index (κ2) is 8.96. The molecule has 2 heterocycles. The monoisotopic (exact) mass is 465 g/mol. The number of hydrogen-bond donors (Lipinski definition) is 1. The highest BCUT2D eigenvalue weighted by Gasteiger charge is 2.33. The van der Waals surface area contributed by atoms with Gasteiger partial charge in [-0.15, -0.1) is 0 Å². The number of thiocarbonyl (C=S) groups is 1. The zero-order valence-electron chi connectivity index (χ0n) is 16.2. The van der Waals surface area contributed by atoms with Crippen LogP contribution in [0.2, 0.25) is 5.02 Å². The average Bonchev–Trinajstić information content (AvgIpc) is 3.37. The van der Waals surface area contributed by atoms with Crippen LogP contribution in [0.1, 0.15) is 19.3 Å². The Hall–Kier alpha value is -2.09. The summed E-state index contributed by atoms with van der Waals surface area (Å²) in [6.07, 6.45) is 5.17. The van der Waals surface area contributed by atoms with E-state index < -0.39 is 12.2 Å². The van der Waals surface area contributed by atoms with E-state index in [4.69, 9.17) is 40.2 Å². The summed E-state index contributed by atoms with van der Waals surface area (Å²) in [4.78, 5) is 29.1. The van der Waals surface area contributed by atoms with Crippen LogP contribution in [0.4, 0.5) is 16.2 Å². The van der Waals surface area contributed by atoms with Crippen LogP contribution in [-0.2, 0) is 9.53 Å². The summed E-state index contributed by atoms with van der Waals surface area (Å²) in [5.74, 6) is -0.321. The summed E-state index contributed by atoms with van der Waals surface area (Å²) < 4.78 is 5.41. The molecule has 0 spiro atoms. The molecule has 3 aliphatic rings. The van der Waals surface area contributed by atoms with Crippen molar-refractivity contribution in [2.75, 3.05) is 36.0 Å². The molecular weight excluding hydrogens is 445 g/mol. The molecule has 2 aliphatic heterocycles. The van der Waals surface area contributed by atoms with Crippen molar-refractivity contribution < 1.29 is 14.3 Å². The lowest BCUT2D eigenvalue weighted by Gasteiger charge is -2.21. The molecule has 6 nitrogen and oxygen atoms in total. The molecule has 2 amide bonds. The third-order valence-corrected chi connectivity index (χ3v) is 6.32. The summed E-state index contributed by atoms with van der Waals surface area (Å²) in [5, 5.41) is 3.88. The predicted molar refractivity (Wildman–Crippen MR) is 123 cm³/mol. The number of amides is 2. The number of anilines is 2. The minimum atomic E-state index is -0.470. The van der Waals surface area contributed by atoms with Gasteiger partial charge in [0.05, 0.1) is 29.4 Å². The Labute approximate surface area is 190 Å². The topological polar surface area (TPSA) is 61.9 Å². The van der Waals surface area contributed by atoms with E-state index in [2.05, 4.69) is 10.2 Å². The minimum Gasteiger partial charge on any atom is -0.442 e. The van der Waals surface area contributed by atoms with Crippen molar-refractivity contribution in [2.24, 2.45) is 0 Å². The van der Waals surface area contributed by atoms with Crippen LogP contribution in [-0.4, -0.2) is 49.1 Å². The van der Waals surface area contributed by atoms with Crippen molar-refractivity contribution in [2.45, 2.75) is 25.4 Å². The molecular formula is C21H21Cl2N3O3S. The maximum Gasteiger partial charge on any atom is 0.414 e. The number of carbonyl (C=O) groups is 2. The summed E-state index contributed by atoms with van der Waals surface area (Å²) in [7, 11) is 0. The second-order valence-corrected chi connectivity index (χ2v) is 8.77. The Bertz CT molecular complexity index is 957. The summed E-state index contributed by atoms with van der Waals surface area (Å²) in [6.45, 7) is 2.49. The third-order valence-electron chi connectivity index (χ3n) is 5.36. The molecule has 0 radical (unpaired) electrons. The summed E-state index contributed by atoms with van der Waals surface area (Å²) in [5.41, 5.74) is 2.04. The third kappa shape index (κ3) is 4.48. The van der Waals surface area contributed by atoms with E-state index in [1.54, 1.807) is 18.2 Å². The second-order valence-electron chi connectivity index (χ2n) is 7.43. The van der Waals surface area contributed by atoms with Crippen molar-refractivity contribution >= 4 is 63.7 Å². The Kier molecular flexibility index (Phi) is 6.32. The van der Waals surface area contributed by atoms with Gasteiger partial charge in [-0.2, -0.15) is 0 Å². The van der Waals surface area contributed by atoms with Gasteiger partial charge in [0, 0.05) is 35.1 Å². The standard InChI is InChI=1S/C21H21Cl2N3O3S/c22-13-3-6-19(30)16(9-13)20(27)24-11-15-12-26(21(28)29-15)14-4-5-18(17(23)10-14)25-7-1-2-8-25/h3-5,9-10,15H,1-2,6-8,11-12H2,(H,24,27). The van der Waals surface area contributed by atoms with Gasteiger partial charge in [-0.1, -0.05) is 41.5 Å². The van der Waals surface area contributed by atoms with Gasteiger partial charge in [-0.05, 0) is 37.1 Å². The molecule has 1 atom stereocenters. The highest BCUT2D eigenvalue weighted by atomic mass is 35.5. The molecule has 0 bridgehead atoms. The van der Waals surface area contributed by atoms with Crippen LogP contribution in [0, 0.1) is 0 Å². The molecule has 4 rings (SSSR count). The van der Waals surface area contributed by atoms with Crippen molar-refractivity contribution in [1.82, 2.24) is 5.32 Å². The fourth-order valence-electron chi connectivity index (χ4n) is 3.79. The number of ether oxygens (including phenoxy) is 1. The number of cyclic esters (lactones) is 1. The van der Waals surface area contributed by atoms with Gasteiger partial charge in [0.15, 0.2) is 0 Å². The van der Waals surface area contributed by atoms with Crippen LogP contribution >= 0.6 is 35.4 Å². The lowest BCUT2D eigenvalue weighted by Crippen LogP contribution is -2.36. The Balaban J connectivity index is 1.37.